The van der Waals surface area contributed by atoms with Gasteiger partial charge in [0.2, 0.25) is 0 Å². The standard InChI is InChI=1S/C15H23N3O/c1-4-8-16-14-10-12(9-11(2)17-14)15(19)18(3)13-6-5-7-13/h9-10,13H,4-8H2,1-3H3,(H,16,17). The summed E-state index contributed by atoms with van der Waals surface area (Å²) < 4.78 is 0. The molecule has 0 atom stereocenters. The molecular weight excluding hydrogens is 238 g/mol. The molecule has 0 bridgehead atoms. The van der Waals surface area contributed by atoms with Gasteiger partial charge in [-0.25, -0.2) is 4.98 Å². The third-order valence-corrected chi connectivity index (χ3v) is 3.70. The van der Waals surface area contributed by atoms with Crippen LogP contribution in [0.2, 0.25) is 0 Å². The highest BCUT2D eigenvalue weighted by molar-refractivity contribution is 5.95. The predicted molar refractivity (Wildman–Crippen MR) is 77.5 cm³/mol. The van der Waals surface area contributed by atoms with Crippen LogP contribution in [0.5, 0.6) is 0 Å². The molecule has 1 aliphatic carbocycles. The highest BCUT2D eigenvalue weighted by Crippen LogP contribution is 2.25. The molecule has 0 spiro atoms. The predicted octanol–water partition coefficient (Wildman–Crippen LogP) is 2.84. The lowest BCUT2D eigenvalue weighted by atomic mass is 9.91. The molecule has 1 saturated carbocycles. The summed E-state index contributed by atoms with van der Waals surface area (Å²) in [5, 5.41) is 3.24. The number of anilines is 1. The van der Waals surface area contributed by atoms with Crippen LogP contribution in [0.1, 0.15) is 48.7 Å². The summed E-state index contributed by atoms with van der Waals surface area (Å²) >= 11 is 0. The zero-order valence-corrected chi connectivity index (χ0v) is 12.1. The van der Waals surface area contributed by atoms with Gasteiger partial charge in [-0.2, -0.15) is 0 Å². The number of rotatable bonds is 5. The molecule has 0 radical (unpaired) electrons. The van der Waals surface area contributed by atoms with E-state index in [-0.39, 0.29) is 5.91 Å². The molecule has 19 heavy (non-hydrogen) atoms. The lowest BCUT2D eigenvalue weighted by molar-refractivity contribution is 0.0652. The molecule has 104 valence electrons. The minimum absolute atomic E-state index is 0.106. The summed E-state index contributed by atoms with van der Waals surface area (Å²) in [6.45, 7) is 4.92. The fourth-order valence-corrected chi connectivity index (χ4v) is 2.28. The average Bonchev–Trinajstić information content (AvgIpc) is 2.32. The lowest BCUT2D eigenvalue weighted by Gasteiger charge is -2.34. The molecule has 0 aromatic carbocycles. The fraction of sp³-hybridized carbons (Fsp3) is 0.600. The molecule has 1 amide bonds. The highest BCUT2D eigenvalue weighted by atomic mass is 16.2. The molecule has 4 heteroatoms. The molecular formula is C15H23N3O. The van der Waals surface area contributed by atoms with E-state index in [1.165, 1.54) is 6.42 Å². The molecule has 4 nitrogen and oxygen atoms in total. The van der Waals surface area contributed by atoms with Crippen molar-refractivity contribution in [3.8, 4) is 0 Å². The Morgan fingerprint density at radius 1 is 1.47 bits per heavy atom. The van der Waals surface area contributed by atoms with E-state index in [1.54, 1.807) is 0 Å². The average molecular weight is 261 g/mol. The largest absolute Gasteiger partial charge is 0.370 e. The Balaban J connectivity index is 2.13. The maximum absolute atomic E-state index is 12.4. The molecule has 1 heterocycles. The summed E-state index contributed by atoms with van der Waals surface area (Å²) in [5.74, 6) is 0.905. The van der Waals surface area contributed by atoms with Crippen LogP contribution in [0.3, 0.4) is 0 Å². The van der Waals surface area contributed by atoms with Gasteiger partial charge in [-0.1, -0.05) is 6.92 Å². The summed E-state index contributed by atoms with van der Waals surface area (Å²) in [6.07, 6.45) is 4.54. The topological polar surface area (TPSA) is 45.2 Å². The summed E-state index contributed by atoms with van der Waals surface area (Å²) in [7, 11) is 1.90. The van der Waals surface area contributed by atoms with E-state index in [0.717, 1.165) is 42.9 Å². The number of hydrogen-bond donors (Lipinski definition) is 1. The van der Waals surface area contributed by atoms with E-state index in [4.69, 9.17) is 0 Å². The van der Waals surface area contributed by atoms with Crippen molar-refractivity contribution >= 4 is 11.7 Å². The molecule has 2 rings (SSSR count). The summed E-state index contributed by atoms with van der Waals surface area (Å²) in [4.78, 5) is 18.7. The maximum atomic E-state index is 12.4. The lowest BCUT2D eigenvalue weighted by Crippen LogP contribution is -2.41. The number of amides is 1. The van der Waals surface area contributed by atoms with Crippen LogP contribution in [0.15, 0.2) is 12.1 Å². The van der Waals surface area contributed by atoms with E-state index in [1.807, 2.05) is 31.0 Å². The molecule has 1 fully saturated rings. The van der Waals surface area contributed by atoms with Gasteiger partial charge in [0.25, 0.3) is 5.91 Å². The first-order valence-electron chi connectivity index (χ1n) is 7.11. The number of aromatic nitrogens is 1. The quantitative estimate of drug-likeness (QED) is 0.886. The first-order valence-corrected chi connectivity index (χ1v) is 7.11. The van der Waals surface area contributed by atoms with Gasteiger partial charge < -0.3 is 10.2 Å². The first kappa shape index (κ1) is 13.8. The van der Waals surface area contributed by atoms with E-state index in [9.17, 15) is 4.79 Å². The number of aryl methyl sites for hydroxylation is 1. The van der Waals surface area contributed by atoms with Crippen molar-refractivity contribution in [3.63, 3.8) is 0 Å². The molecule has 0 unspecified atom stereocenters. The van der Waals surface area contributed by atoms with Crippen LogP contribution in [0.4, 0.5) is 5.82 Å². The normalized spacial score (nSPS) is 14.9. The second kappa shape index (κ2) is 6.04. The Morgan fingerprint density at radius 3 is 2.79 bits per heavy atom. The molecule has 1 aromatic rings. The number of carbonyl (C=O) groups excluding carboxylic acids is 1. The second-order valence-electron chi connectivity index (χ2n) is 5.31. The zero-order valence-electron chi connectivity index (χ0n) is 12.1. The molecule has 1 aliphatic rings. The van der Waals surface area contributed by atoms with Gasteiger partial charge >= 0.3 is 0 Å². The smallest absolute Gasteiger partial charge is 0.254 e. The van der Waals surface area contributed by atoms with Crippen molar-refractivity contribution in [3.05, 3.63) is 23.4 Å². The van der Waals surface area contributed by atoms with E-state index in [2.05, 4.69) is 17.2 Å². The Hall–Kier alpha value is -1.58. The minimum atomic E-state index is 0.106. The van der Waals surface area contributed by atoms with E-state index < -0.39 is 0 Å². The van der Waals surface area contributed by atoms with Crippen LogP contribution in [0, 0.1) is 6.92 Å². The van der Waals surface area contributed by atoms with Crippen LogP contribution in [0.25, 0.3) is 0 Å². The van der Waals surface area contributed by atoms with Crippen molar-refractivity contribution in [2.45, 2.75) is 45.6 Å². The molecule has 1 N–H and O–H groups in total. The first-order chi connectivity index (χ1) is 9.11. The van der Waals surface area contributed by atoms with Gasteiger partial charge in [0.15, 0.2) is 0 Å². The van der Waals surface area contributed by atoms with Gasteiger partial charge in [-0.15, -0.1) is 0 Å². The monoisotopic (exact) mass is 261 g/mol. The number of hydrogen-bond acceptors (Lipinski definition) is 3. The van der Waals surface area contributed by atoms with Crippen LogP contribution >= 0.6 is 0 Å². The third-order valence-electron chi connectivity index (χ3n) is 3.70. The SMILES string of the molecule is CCCNc1cc(C(=O)N(C)C2CCC2)cc(C)n1. The van der Waals surface area contributed by atoms with Crippen LogP contribution in [-0.4, -0.2) is 35.4 Å². The van der Waals surface area contributed by atoms with Crippen molar-refractivity contribution in [1.82, 2.24) is 9.88 Å². The molecule has 0 aliphatic heterocycles. The third kappa shape index (κ3) is 3.25. The Labute approximate surface area is 115 Å². The minimum Gasteiger partial charge on any atom is -0.370 e. The van der Waals surface area contributed by atoms with Gasteiger partial charge in [0.1, 0.15) is 5.82 Å². The maximum Gasteiger partial charge on any atom is 0.254 e. The molecule has 1 aromatic heterocycles. The van der Waals surface area contributed by atoms with Crippen molar-refractivity contribution in [2.24, 2.45) is 0 Å². The van der Waals surface area contributed by atoms with Crippen molar-refractivity contribution in [2.75, 3.05) is 18.9 Å². The van der Waals surface area contributed by atoms with Crippen LogP contribution in [-0.2, 0) is 0 Å². The fourth-order valence-electron chi connectivity index (χ4n) is 2.28. The van der Waals surface area contributed by atoms with E-state index >= 15 is 0 Å². The van der Waals surface area contributed by atoms with Gasteiger partial charge in [-0.3, -0.25) is 4.79 Å². The van der Waals surface area contributed by atoms with Crippen molar-refractivity contribution in [1.29, 1.82) is 0 Å². The Morgan fingerprint density at radius 2 is 2.21 bits per heavy atom. The number of nitrogens with one attached hydrogen (secondary N) is 1. The summed E-state index contributed by atoms with van der Waals surface area (Å²) in [5.41, 5.74) is 1.62. The zero-order chi connectivity index (χ0) is 13.8. The Kier molecular flexibility index (Phi) is 4.40. The number of pyridine rings is 1. The highest BCUT2D eigenvalue weighted by Gasteiger charge is 2.26. The molecule has 0 saturated heterocycles. The second-order valence-corrected chi connectivity index (χ2v) is 5.31. The summed E-state index contributed by atoms with van der Waals surface area (Å²) in [6, 6.07) is 4.16. The van der Waals surface area contributed by atoms with Gasteiger partial charge in [0, 0.05) is 30.9 Å². The van der Waals surface area contributed by atoms with E-state index in [0.29, 0.717) is 6.04 Å². The van der Waals surface area contributed by atoms with Crippen LogP contribution < -0.4 is 5.32 Å². The number of carbonyl (C=O) groups is 1. The Bertz CT molecular complexity index is 455. The van der Waals surface area contributed by atoms with Crippen molar-refractivity contribution < 1.29 is 4.79 Å². The number of nitrogens with zero attached hydrogens (tertiary/aromatic N) is 2. The van der Waals surface area contributed by atoms with Gasteiger partial charge in [0.05, 0.1) is 0 Å². The van der Waals surface area contributed by atoms with Gasteiger partial charge in [-0.05, 0) is 44.7 Å².